The molecule has 0 spiro atoms. The van der Waals surface area contributed by atoms with E-state index in [1.54, 1.807) is 11.0 Å². The van der Waals surface area contributed by atoms with Crippen molar-refractivity contribution in [2.75, 3.05) is 5.32 Å². The van der Waals surface area contributed by atoms with Crippen molar-refractivity contribution in [3.05, 3.63) is 30.6 Å². The Morgan fingerprint density at radius 1 is 1.32 bits per heavy atom. The van der Waals surface area contributed by atoms with Crippen molar-refractivity contribution >= 4 is 5.69 Å². The Morgan fingerprint density at radius 2 is 2.26 bits per heavy atom. The average molecular weight is 258 g/mol. The van der Waals surface area contributed by atoms with Crippen molar-refractivity contribution in [3.8, 4) is 5.69 Å². The Morgan fingerprint density at radius 3 is 3.05 bits per heavy atom. The van der Waals surface area contributed by atoms with Gasteiger partial charge in [0.05, 0.1) is 5.69 Å². The highest BCUT2D eigenvalue weighted by Gasteiger charge is 2.18. The van der Waals surface area contributed by atoms with Gasteiger partial charge in [-0.3, -0.25) is 0 Å². The van der Waals surface area contributed by atoms with E-state index in [2.05, 4.69) is 33.0 Å². The fourth-order valence-corrected chi connectivity index (χ4v) is 2.61. The second kappa shape index (κ2) is 5.36. The van der Waals surface area contributed by atoms with Crippen molar-refractivity contribution in [1.29, 1.82) is 0 Å². The number of hydrogen-bond donors (Lipinski definition) is 2. The van der Waals surface area contributed by atoms with Crippen LogP contribution in [0.1, 0.15) is 25.7 Å². The number of nitrogens with one attached hydrogen (secondary N) is 1. The number of rotatable bonds is 3. The van der Waals surface area contributed by atoms with Crippen LogP contribution in [0.15, 0.2) is 30.6 Å². The molecule has 1 aromatic carbocycles. The summed E-state index contributed by atoms with van der Waals surface area (Å²) in [6, 6.07) is 8.89. The zero-order valence-electron chi connectivity index (χ0n) is 10.7. The third-order valence-electron chi connectivity index (χ3n) is 3.55. The minimum atomic E-state index is 0.328. The summed E-state index contributed by atoms with van der Waals surface area (Å²) in [6.45, 7) is 0. The Balaban J connectivity index is 1.73. The van der Waals surface area contributed by atoms with Crippen LogP contribution in [0, 0.1) is 0 Å². The summed E-state index contributed by atoms with van der Waals surface area (Å²) in [4.78, 5) is 0. The number of benzene rings is 1. The molecule has 1 saturated carbocycles. The van der Waals surface area contributed by atoms with Crippen molar-refractivity contribution in [3.63, 3.8) is 0 Å². The number of hydrogen-bond acceptors (Lipinski definition) is 5. The molecule has 1 aliphatic carbocycles. The second-order valence-electron chi connectivity index (χ2n) is 5.07. The molecule has 19 heavy (non-hydrogen) atoms. The molecule has 0 radical (unpaired) electrons. The lowest BCUT2D eigenvalue weighted by Crippen LogP contribution is -2.34. The van der Waals surface area contributed by atoms with E-state index < -0.39 is 0 Å². The lowest BCUT2D eigenvalue weighted by Gasteiger charge is -2.28. The van der Waals surface area contributed by atoms with Gasteiger partial charge in [0, 0.05) is 17.8 Å². The van der Waals surface area contributed by atoms with Gasteiger partial charge in [-0.2, -0.15) is 0 Å². The van der Waals surface area contributed by atoms with Crippen molar-refractivity contribution < 1.29 is 0 Å². The minimum Gasteiger partial charge on any atom is -0.382 e. The van der Waals surface area contributed by atoms with E-state index in [-0.39, 0.29) is 0 Å². The number of nitrogens with two attached hydrogens (primary N) is 1. The van der Waals surface area contributed by atoms with Crippen LogP contribution in [0.25, 0.3) is 5.69 Å². The summed E-state index contributed by atoms with van der Waals surface area (Å²) in [5.41, 5.74) is 8.06. The van der Waals surface area contributed by atoms with Gasteiger partial charge in [-0.25, -0.2) is 4.68 Å². The van der Waals surface area contributed by atoms with Crippen molar-refractivity contribution in [2.45, 2.75) is 37.8 Å². The minimum absolute atomic E-state index is 0.328. The monoisotopic (exact) mass is 258 g/mol. The van der Waals surface area contributed by atoms with E-state index in [0.717, 1.165) is 24.2 Å². The van der Waals surface area contributed by atoms with Crippen LogP contribution in [0.5, 0.6) is 0 Å². The van der Waals surface area contributed by atoms with Gasteiger partial charge in [0.15, 0.2) is 0 Å². The first-order valence-corrected chi connectivity index (χ1v) is 6.67. The molecule has 6 nitrogen and oxygen atoms in total. The molecule has 2 unspecified atom stereocenters. The third-order valence-corrected chi connectivity index (χ3v) is 3.55. The molecule has 1 heterocycles. The van der Waals surface area contributed by atoms with Gasteiger partial charge in [0.2, 0.25) is 0 Å². The summed E-state index contributed by atoms with van der Waals surface area (Å²) < 4.78 is 1.65. The molecule has 6 heteroatoms. The molecule has 2 aromatic rings. The Kier molecular flexibility index (Phi) is 3.41. The molecule has 1 aromatic heterocycles. The van der Waals surface area contributed by atoms with Crippen LogP contribution in [0.4, 0.5) is 5.69 Å². The maximum atomic E-state index is 6.02. The van der Waals surface area contributed by atoms with E-state index in [9.17, 15) is 0 Å². The standard InChI is InChI=1S/C13H18N6/c14-10-3-1-4-11(7-10)16-12-5-2-6-13(8-12)19-9-15-17-18-19/h2,5-6,8-11,16H,1,3-4,7,14H2. The van der Waals surface area contributed by atoms with Gasteiger partial charge in [0.25, 0.3) is 0 Å². The van der Waals surface area contributed by atoms with Crippen LogP contribution in [-0.2, 0) is 0 Å². The molecule has 3 rings (SSSR count). The number of nitrogens with zero attached hydrogens (tertiary/aromatic N) is 4. The van der Waals surface area contributed by atoms with Crippen LogP contribution in [0.2, 0.25) is 0 Å². The molecular weight excluding hydrogens is 240 g/mol. The highest BCUT2D eigenvalue weighted by atomic mass is 15.5. The molecule has 1 fully saturated rings. The summed E-state index contributed by atoms with van der Waals surface area (Å²) in [7, 11) is 0. The van der Waals surface area contributed by atoms with Crippen molar-refractivity contribution in [2.24, 2.45) is 5.73 Å². The second-order valence-corrected chi connectivity index (χ2v) is 5.07. The smallest absolute Gasteiger partial charge is 0.143 e. The van der Waals surface area contributed by atoms with Gasteiger partial charge in [0.1, 0.15) is 6.33 Å². The summed E-state index contributed by atoms with van der Waals surface area (Å²) in [6.07, 6.45) is 6.15. The van der Waals surface area contributed by atoms with Gasteiger partial charge in [-0.1, -0.05) is 6.07 Å². The van der Waals surface area contributed by atoms with Crippen molar-refractivity contribution in [1.82, 2.24) is 20.2 Å². The molecule has 0 saturated heterocycles. The van der Waals surface area contributed by atoms with Gasteiger partial charge < -0.3 is 11.1 Å². The van der Waals surface area contributed by atoms with E-state index >= 15 is 0 Å². The lowest BCUT2D eigenvalue weighted by atomic mass is 9.91. The third kappa shape index (κ3) is 2.90. The first-order chi connectivity index (χ1) is 9.31. The molecule has 3 N–H and O–H groups in total. The quantitative estimate of drug-likeness (QED) is 0.868. The normalized spacial score (nSPS) is 23.2. The summed E-state index contributed by atoms with van der Waals surface area (Å²) >= 11 is 0. The average Bonchev–Trinajstić information content (AvgIpc) is 2.93. The maximum absolute atomic E-state index is 6.02. The first kappa shape index (κ1) is 12.1. The molecule has 100 valence electrons. The zero-order chi connectivity index (χ0) is 13.1. The Hall–Kier alpha value is -1.95. The van der Waals surface area contributed by atoms with Gasteiger partial charge in [-0.15, -0.1) is 5.10 Å². The number of anilines is 1. The number of aromatic nitrogens is 4. The van der Waals surface area contributed by atoms with Gasteiger partial charge in [-0.05, 0) is 54.3 Å². The van der Waals surface area contributed by atoms with Crippen LogP contribution < -0.4 is 11.1 Å². The highest BCUT2D eigenvalue weighted by Crippen LogP contribution is 2.22. The number of tetrazole rings is 1. The molecule has 0 bridgehead atoms. The Labute approximate surface area is 112 Å². The van der Waals surface area contributed by atoms with E-state index in [0.29, 0.717) is 12.1 Å². The maximum Gasteiger partial charge on any atom is 0.143 e. The SMILES string of the molecule is NC1CCCC(Nc2cccc(-n3cnnn3)c2)C1. The fraction of sp³-hybridized carbons (Fsp3) is 0.462. The first-order valence-electron chi connectivity index (χ1n) is 6.67. The molecule has 0 amide bonds. The molecular formula is C13H18N6. The van der Waals surface area contributed by atoms with Crippen LogP contribution >= 0.6 is 0 Å². The summed E-state index contributed by atoms with van der Waals surface area (Å²) in [5.74, 6) is 0. The topological polar surface area (TPSA) is 81.6 Å². The zero-order valence-corrected chi connectivity index (χ0v) is 10.7. The molecule has 1 aliphatic rings. The molecule has 2 atom stereocenters. The highest BCUT2D eigenvalue weighted by molar-refractivity contribution is 5.51. The van der Waals surface area contributed by atoms with Crippen LogP contribution in [-0.4, -0.2) is 32.3 Å². The summed E-state index contributed by atoms with van der Waals surface area (Å²) in [5, 5.41) is 14.7. The van der Waals surface area contributed by atoms with Crippen LogP contribution in [0.3, 0.4) is 0 Å². The molecule has 0 aliphatic heterocycles. The lowest BCUT2D eigenvalue weighted by molar-refractivity contribution is 0.409. The largest absolute Gasteiger partial charge is 0.382 e. The van der Waals surface area contributed by atoms with Gasteiger partial charge >= 0.3 is 0 Å². The predicted molar refractivity (Wildman–Crippen MR) is 73.0 cm³/mol. The van der Waals surface area contributed by atoms with E-state index in [1.807, 2.05) is 12.1 Å². The fourth-order valence-electron chi connectivity index (χ4n) is 2.61. The Bertz CT molecular complexity index is 524. The van der Waals surface area contributed by atoms with E-state index in [1.165, 1.54) is 12.8 Å². The van der Waals surface area contributed by atoms with E-state index in [4.69, 9.17) is 5.73 Å². The predicted octanol–water partition coefficient (Wildman–Crippen LogP) is 1.34.